The predicted molar refractivity (Wildman–Crippen MR) is 81.9 cm³/mol. The fraction of sp³-hybridized carbons (Fsp3) is 0.571. The molecule has 0 radical (unpaired) electrons. The van der Waals surface area contributed by atoms with Gasteiger partial charge in [0, 0.05) is 50.2 Å². The molecule has 0 aromatic carbocycles. The molecule has 0 bridgehead atoms. The molecule has 2 aliphatic rings. The number of hydrogen-bond acceptors (Lipinski definition) is 4. The van der Waals surface area contributed by atoms with Crippen molar-refractivity contribution in [3.05, 3.63) is 24.0 Å². The summed E-state index contributed by atoms with van der Waals surface area (Å²) in [6, 6.07) is 1.87. The lowest BCUT2D eigenvalue weighted by atomic mass is 10.2. The first-order valence-electron chi connectivity index (χ1n) is 7.23. The molecule has 3 heterocycles. The second-order valence-electron chi connectivity index (χ2n) is 5.37. The molecule has 3 rings (SSSR count). The van der Waals surface area contributed by atoms with Gasteiger partial charge in [0.15, 0.2) is 0 Å². The van der Waals surface area contributed by atoms with E-state index >= 15 is 0 Å². The Morgan fingerprint density at radius 3 is 2.62 bits per heavy atom. The van der Waals surface area contributed by atoms with Gasteiger partial charge in [-0.15, -0.1) is 11.8 Å². The van der Waals surface area contributed by atoms with Crippen molar-refractivity contribution in [2.75, 3.05) is 37.8 Å². The van der Waals surface area contributed by atoms with E-state index in [4.69, 9.17) is 0 Å². The minimum Gasteiger partial charge on any atom is -0.367 e. The van der Waals surface area contributed by atoms with Crippen molar-refractivity contribution < 1.29 is 9.59 Å². The maximum Gasteiger partial charge on any atom is 0.240 e. The zero-order valence-corrected chi connectivity index (χ0v) is 12.7. The van der Waals surface area contributed by atoms with Crippen LogP contribution in [-0.2, 0) is 16.0 Å². The lowest BCUT2D eigenvalue weighted by molar-refractivity contribution is -0.140. The van der Waals surface area contributed by atoms with Crippen LogP contribution >= 0.6 is 11.8 Å². The SMILES string of the molecule is O=C(Cc1cc[nH]c1)N1CCN(C(=O)C2CSCN2)CC1. The third-order valence-electron chi connectivity index (χ3n) is 3.98. The Labute approximate surface area is 128 Å². The summed E-state index contributed by atoms with van der Waals surface area (Å²) in [4.78, 5) is 31.2. The minimum absolute atomic E-state index is 0.0443. The molecule has 1 aromatic rings. The Kier molecular flexibility index (Phi) is 4.50. The second kappa shape index (κ2) is 6.53. The number of amides is 2. The van der Waals surface area contributed by atoms with E-state index in [0.717, 1.165) is 17.2 Å². The second-order valence-corrected chi connectivity index (χ2v) is 6.40. The Balaban J connectivity index is 1.48. The van der Waals surface area contributed by atoms with Crippen LogP contribution < -0.4 is 5.32 Å². The van der Waals surface area contributed by atoms with Crippen LogP contribution in [0.1, 0.15) is 5.56 Å². The highest BCUT2D eigenvalue weighted by atomic mass is 32.2. The van der Waals surface area contributed by atoms with Gasteiger partial charge in [-0.05, 0) is 11.6 Å². The Bertz CT molecular complexity index is 491. The van der Waals surface area contributed by atoms with E-state index in [1.165, 1.54) is 0 Å². The molecule has 2 amide bonds. The summed E-state index contributed by atoms with van der Waals surface area (Å²) in [5.41, 5.74) is 1.01. The van der Waals surface area contributed by atoms with Crippen molar-refractivity contribution >= 4 is 23.6 Å². The van der Waals surface area contributed by atoms with Crippen molar-refractivity contribution in [3.63, 3.8) is 0 Å². The number of aromatic nitrogens is 1. The topological polar surface area (TPSA) is 68.4 Å². The molecule has 21 heavy (non-hydrogen) atoms. The van der Waals surface area contributed by atoms with Crippen molar-refractivity contribution in [3.8, 4) is 0 Å². The van der Waals surface area contributed by atoms with Crippen LogP contribution in [0.3, 0.4) is 0 Å². The first kappa shape index (κ1) is 14.5. The average molecular weight is 308 g/mol. The third-order valence-corrected chi connectivity index (χ3v) is 4.92. The van der Waals surface area contributed by atoms with Gasteiger partial charge >= 0.3 is 0 Å². The van der Waals surface area contributed by atoms with Crippen molar-refractivity contribution in [2.24, 2.45) is 0 Å². The van der Waals surface area contributed by atoms with Crippen LogP contribution in [0.25, 0.3) is 0 Å². The summed E-state index contributed by atoms with van der Waals surface area (Å²) in [5.74, 6) is 2.02. The molecule has 1 aromatic heterocycles. The number of H-pyrrole nitrogens is 1. The number of hydrogen-bond donors (Lipinski definition) is 2. The summed E-state index contributed by atoms with van der Waals surface area (Å²) in [6.07, 6.45) is 4.10. The molecule has 2 saturated heterocycles. The number of carbonyl (C=O) groups excluding carboxylic acids is 2. The van der Waals surface area contributed by atoms with Crippen LogP contribution in [-0.4, -0.2) is 70.4 Å². The monoisotopic (exact) mass is 308 g/mol. The fourth-order valence-corrected chi connectivity index (χ4v) is 3.64. The highest BCUT2D eigenvalue weighted by molar-refractivity contribution is 7.99. The standard InChI is InChI=1S/C14H20N4O2S/c19-13(7-11-1-2-15-8-11)17-3-5-18(6-4-17)14(20)12-9-21-10-16-12/h1-2,8,12,15-16H,3-7,9-10H2. The molecule has 114 valence electrons. The first-order chi connectivity index (χ1) is 10.2. The zero-order valence-electron chi connectivity index (χ0n) is 11.9. The maximum absolute atomic E-state index is 12.3. The molecule has 0 aliphatic carbocycles. The molecular weight excluding hydrogens is 288 g/mol. The number of carbonyl (C=O) groups is 2. The highest BCUT2D eigenvalue weighted by Crippen LogP contribution is 2.14. The van der Waals surface area contributed by atoms with Gasteiger partial charge in [-0.1, -0.05) is 0 Å². The van der Waals surface area contributed by atoms with E-state index in [0.29, 0.717) is 32.6 Å². The average Bonchev–Trinajstić information content (AvgIpc) is 3.20. The summed E-state index contributed by atoms with van der Waals surface area (Å²) < 4.78 is 0. The van der Waals surface area contributed by atoms with E-state index in [1.807, 2.05) is 28.3 Å². The minimum atomic E-state index is -0.0443. The number of rotatable bonds is 3. The molecule has 6 nitrogen and oxygen atoms in total. The van der Waals surface area contributed by atoms with Crippen molar-refractivity contribution in [2.45, 2.75) is 12.5 Å². The Hall–Kier alpha value is -1.47. The Morgan fingerprint density at radius 1 is 1.24 bits per heavy atom. The Morgan fingerprint density at radius 2 is 2.00 bits per heavy atom. The van der Waals surface area contributed by atoms with Crippen LogP contribution in [0.4, 0.5) is 0 Å². The van der Waals surface area contributed by atoms with Gasteiger partial charge in [0.1, 0.15) is 0 Å². The van der Waals surface area contributed by atoms with Gasteiger partial charge in [0.05, 0.1) is 12.5 Å². The van der Waals surface area contributed by atoms with E-state index in [2.05, 4.69) is 10.3 Å². The molecule has 2 aliphatic heterocycles. The van der Waals surface area contributed by atoms with Crippen LogP contribution in [0.5, 0.6) is 0 Å². The van der Waals surface area contributed by atoms with Gasteiger partial charge in [-0.2, -0.15) is 0 Å². The molecule has 2 fully saturated rings. The van der Waals surface area contributed by atoms with Crippen molar-refractivity contribution in [1.82, 2.24) is 20.1 Å². The molecule has 1 unspecified atom stereocenters. The number of nitrogens with zero attached hydrogens (tertiary/aromatic N) is 2. The summed E-state index contributed by atoms with van der Waals surface area (Å²) >= 11 is 1.76. The molecule has 2 N–H and O–H groups in total. The smallest absolute Gasteiger partial charge is 0.240 e. The quantitative estimate of drug-likeness (QED) is 0.818. The molecular formula is C14H20N4O2S. The number of nitrogens with one attached hydrogen (secondary N) is 2. The zero-order chi connectivity index (χ0) is 14.7. The largest absolute Gasteiger partial charge is 0.367 e. The number of thioether (sulfide) groups is 1. The van der Waals surface area contributed by atoms with Gasteiger partial charge in [0.25, 0.3) is 0 Å². The third kappa shape index (κ3) is 3.41. The molecule has 1 atom stereocenters. The molecule has 7 heteroatoms. The van der Waals surface area contributed by atoms with Crippen LogP contribution in [0, 0.1) is 0 Å². The van der Waals surface area contributed by atoms with E-state index < -0.39 is 0 Å². The van der Waals surface area contributed by atoms with Gasteiger partial charge in [0.2, 0.25) is 11.8 Å². The lowest BCUT2D eigenvalue weighted by Crippen LogP contribution is -2.54. The van der Waals surface area contributed by atoms with Gasteiger partial charge in [-0.3, -0.25) is 14.9 Å². The van der Waals surface area contributed by atoms with Crippen LogP contribution in [0.2, 0.25) is 0 Å². The fourth-order valence-electron chi connectivity index (χ4n) is 2.71. The van der Waals surface area contributed by atoms with E-state index in [-0.39, 0.29) is 17.9 Å². The highest BCUT2D eigenvalue weighted by Gasteiger charge is 2.30. The summed E-state index contributed by atoms with van der Waals surface area (Å²) in [6.45, 7) is 2.55. The summed E-state index contributed by atoms with van der Waals surface area (Å²) in [5, 5.41) is 3.21. The first-order valence-corrected chi connectivity index (χ1v) is 8.39. The van der Waals surface area contributed by atoms with Crippen LogP contribution in [0.15, 0.2) is 18.5 Å². The maximum atomic E-state index is 12.3. The molecule has 0 saturated carbocycles. The van der Waals surface area contributed by atoms with Gasteiger partial charge in [-0.25, -0.2) is 0 Å². The predicted octanol–water partition coefficient (Wildman–Crippen LogP) is -0.109. The lowest BCUT2D eigenvalue weighted by Gasteiger charge is -2.35. The normalized spacial score (nSPS) is 22.6. The summed E-state index contributed by atoms with van der Waals surface area (Å²) in [7, 11) is 0. The van der Waals surface area contributed by atoms with E-state index in [1.54, 1.807) is 11.8 Å². The van der Waals surface area contributed by atoms with Crippen molar-refractivity contribution in [1.29, 1.82) is 0 Å². The number of piperazine rings is 1. The van der Waals surface area contributed by atoms with E-state index in [9.17, 15) is 9.59 Å². The molecule has 0 spiro atoms. The van der Waals surface area contributed by atoms with Gasteiger partial charge < -0.3 is 14.8 Å². The number of aromatic amines is 1.